The van der Waals surface area contributed by atoms with Gasteiger partial charge < -0.3 is 20.6 Å². The Balaban J connectivity index is 1.29. The number of rotatable bonds is 4. The standard InChI is InChI=1S/C26H21N3O4/c30-13-17-10-11-27-23-19(17)2-1-3-20(23)28-24(31)14-6-8-18(9-7-14)29-25(32)21-15-4-5-16(12-15)22(21)26(29)33/h1-11,15-16,30,32-33H,12-13H2,(H,28,31). The molecule has 2 heterocycles. The van der Waals surface area contributed by atoms with Crippen LogP contribution in [0.4, 0.5) is 5.69 Å². The summed E-state index contributed by atoms with van der Waals surface area (Å²) in [5, 5.41) is 34.8. The molecule has 0 radical (unpaired) electrons. The van der Waals surface area contributed by atoms with Gasteiger partial charge in [-0.25, -0.2) is 0 Å². The number of anilines is 1. The molecule has 164 valence electrons. The van der Waals surface area contributed by atoms with Gasteiger partial charge in [0.15, 0.2) is 0 Å². The average Bonchev–Trinajstić information content (AvgIpc) is 3.52. The molecule has 0 saturated heterocycles. The van der Waals surface area contributed by atoms with E-state index in [1.54, 1.807) is 48.7 Å². The first-order valence-corrected chi connectivity index (χ1v) is 10.8. The number of aromatic nitrogens is 2. The van der Waals surface area contributed by atoms with Crippen LogP contribution in [0.25, 0.3) is 16.6 Å². The number of aliphatic hydroxyl groups excluding tert-OH is 1. The van der Waals surface area contributed by atoms with E-state index in [1.165, 1.54) is 4.57 Å². The SMILES string of the molecule is O=C(Nc1cccc2c(CO)ccnc12)c1ccc(-n2c(O)c3c(c2O)C2C=CC3C2)cc1. The number of carbonyl (C=O) groups excluding carboxylic acids is 1. The maximum Gasteiger partial charge on any atom is 0.255 e. The molecule has 4 aromatic rings. The van der Waals surface area contributed by atoms with Crippen LogP contribution < -0.4 is 5.32 Å². The van der Waals surface area contributed by atoms with Gasteiger partial charge in [-0.15, -0.1) is 0 Å². The predicted octanol–water partition coefficient (Wildman–Crippen LogP) is 4.32. The lowest BCUT2D eigenvalue weighted by Crippen LogP contribution is -2.12. The topological polar surface area (TPSA) is 108 Å². The fourth-order valence-electron chi connectivity index (χ4n) is 5.11. The number of nitrogens with zero attached hydrogens (tertiary/aromatic N) is 2. The highest BCUT2D eigenvalue weighted by molar-refractivity contribution is 6.08. The van der Waals surface area contributed by atoms with Gasteiger partial charge in [0.25, 0.3) is 5.91 Å². The molecule has 1 amide bonds. The number of para-hydroxylation sites is 1. The molecule has 2 aliphatic rings. The van der Waals surface area contributed by atoms with E-state index in [9.17, 15) is 20.1 Å². The van der Waals surface area contributed by atoms with Crippen molar-refractivity contribution in [3.8, 4) is 17.4 Å². The van der Waals surface area contributed by atoms with Crippen LogP contribution in [0.5, 0.6) is 11.8 Å². The molecule has 6 rings (SSSR count). The number of aliphatic hydroxyl groups is 1. The maximum atomic E-state index is 12.9. The fraction of sp³-hybridized carbons (Fsp3) is 0.154. The number of allylic oxidation sites excluding steroid dienone is 2. The second-order valence-electron chi connectivity index (χ2n) is 8.47. The summed E-state index contributed by atoms with van der Waals surface area (Å²) in [5.41, 5.74) is 4.50. The Kier molecular flexibility index (Phi) is 4.28. The minimum absolute atomic E-state index is 0.0538. The molecule has 2 bridgehead atoms. The number of hydrogen-bond donors (Lipinski definition) is 4. The zero-order valence-corrected chi connectivity index (χ0v) is 17.6. The van der Waals surface area contributed by atoms with Crippen LogP contribution in [0, 0.1) is 0 Å². The third-order valence-corrected chi connectivity index (χ3v) is 6.69. The van der Waals surface area contributed by atoms with Crippen molar-refractivity contribution in [3.63, 3.8) is 0 Å². The summed E-state index contributed by atoms with van der Waals surface area (Å²) in [7, 11) is 0. The van der Waals surface area contributed by atoms with Gasteiger partial charge in [0.1, 0.15) is 0 Å². The van der Waals surface area contributed by atoms with E-state index in [0.29, 0.717) is 22.5 Å². The van der Waals surface area contributed by atoms with Gasteiger partial charge >= 0.3 is 0 Å². The van der Waals surface area contributed by atoms with Crippen LogP contribution >= 0.6 is 0 Å². The minimum Gasteiger partial charge on any atom is -0.494 e. The monoisotopic (exact) mass is 439 g/mol. The van der Waals surface area contributed by atoms with E-state index >= 15 is 0 Å². The first-order chi connectivity index (χ1) is 16.1. The van der Waals surface area contributed by atoms with Crippen molar-refractivity contribution in [1.82, 2.24) is 9.55 Å². The van der Waals surface area contributed by atoms with Gasteiger partial charge in [-0.2, -0.15) is 0 Å². The number of fused-ring (bicyclic) bond motifs is 6. The molecule has 7 heteroatoms. The van der Waals surface area contributed by atoms with Crippen LogP contribution in [0.2, 0.25) is 0 Å². The summed E-state index contributed by atoms with van der Waals surface area (Å²) in [6, 6.07) is 13.9. The lowest BCUT2D eigenvalue weighted by Gasteiger charge is -2.12. The number of nitrogens with one attached hydrogen (secondary N) is 1. The zero-order valence-electron chi connectivity index (χ0n) is 17.6. The van der Waals surface area contributed by atoms with E-state index < -0.39 is 0 Å². The predicted molar refractivity (Wildman–Crippen MR) is 124 cm³/mol. The largest absolute Gasteiger partial charge is 0.494 e. The first-order valence-electron chi connectivity index (χ1n) is 10.8. The third-order valence-electron chi connectivity index (χ3n) is 6.69. The smallest absolute Gasteiger partial charge is 0.255 e. The number of carbonyl (C=O) groups is 1. The highest BCUT2D eigenvalue weighted by Crippen LogP contribution is 2.57. The van der Waals surface area contributed by atoms with E-state index in [1.807, 2.05) is 6.07 Å². The fourth-order valence-corrected chi connectivity index (χ4v) is 5.11. The van der Waals surface area contributed by atoms with Gasteiger partial charge in [0.2, 0.25) is 11.8 Å². The molecule has 4 N–H and O–H groups in total. The van der Waals surface area contributed by atoms with E-state index in [2.05, 4.69) is 22.5 Å². The third kappa shape index (κ3) is 2.86. The molecule has 0 aliphatic heterocycles. The van der Waals surface area contributed by atoms with Crippen LogP contribution in [0.1, 0.15) is 45.3 Å². The van der Waals surface area contributed by atoms with Crippen molar-refractivity contribution in [2.75, 3.05) is 5.32 Å². The normalized spacial score (nSPS) is 18.1. The maximum absolute atomic E-state index is 12.9. The molecule has 2 aromatic heterocycles. The van der Waals surface area contributed by atoms with Crippen molar-refractivity contribution < 1.29 is 20.1 Å². The van der Waals surface area contributed by atoms with Crippen molar-refractivity contribution in [2.45, 2.75) is 24.9 Å². The second-order valence-corrected chi connectivity index (χ2v) is 8.47. The quantitative estimate of drug-likeness (QED) is 0.354. The lowest BCUT2D eigenvalue weighted by atomic mass is 10.0. The molecule has 7 nitrogen and oxygen atoms in total. The van der Waals surface area contributed by atoms with Gasteiger partial charge in [0.05, 0.1) is 23.5 Å². The molecular weight excluding hydrogens is 418 g/mol. The Morgan fingerprint density at radius 3 is 2.36 bits per heavy atom. The van der Waals surface area contributed by atoms with E-state index in [0.717, 1.165) is 28.5 Å². The lowest BCUT2D eigenvalue weighted by molar-refractivity contribution is 0.102. The summed E-state index contributed by atoms with van der Waals surface area (Å²) in [6.45, 7) is -0.113. The number of hydrogen-bond acceptors (Lipinski definition) is 5. The number of amides is 1. The molecular formula is C26H21N3O4. The van der Waals surface area contributed by atoms with Crippen LogP contribution in [-0.2, 0) is 6.61 Å². The summed E-state index contributed by atoms with van der Waals surface area (Å²) in [6.07, 6.45) is 6.66. The molecule has 2 atom stereocenters. The number of benzene rings is 2. The molecule has 0 fully saturated rings. The van der Waals surface area contributed by atoms with E-state index in [4.69, 9.17) is 0 Å². The van der Waals surface area contributed by atoms with Crippen LogP contribution in [0.3, 0.4) is 0 Å². The van der Waals surface area contributed by atoms with Gasteiger partial charge in [-0.3, -0.25) is 14.3 Å². The highest BCUT2D eigenvalue weighted by atomic mass is 16.3. The number of pyridine rings is 1. The van der Waals surface area contributed by atoms with Gasteiger partial charge in [0, 0.05) is 40.1 Å². The van der Waals surface area contributed by atoms with Gasteiger partial charge in [-0.05, 0) is 48.4 Å². The summed E-state index contributed by atoms with van der Waals surface area (Å²) < 4.78 is 1.43. The Morgan fingerprint density at radius 1 is 1.00 bits per heavy atom. The van der Waals surface area contributed by atoms with Gasteiger partial charge in [-0.1, -0.05) is 24.3 Å². The van der Waals surface area contributed by atoms with Crippen molar-refractivity contribution in [3.05, 3.63) is 89.1 Å². The summed E-state index contributed by atoms with van der Waals surface area (Å²) >= 11 is 0. The van der Waals surface area contributed by atoms with Crippen LogP contribution in [0.15, 0.2) is 66.9 Å². The molecule has 2 aliphatic carbocycles. The van der Waals surface area contributed by atoms with E-state index in [-0.39, 0.29) is 36.1 Å². The summed E-state index contributed by atoms with van der Waals surface area (Å²) in [5.74, 6) is 0.0813. The Bertz CT molecular complexity index is 1420. The Morgan fingerprint density at radius 2 is 1.70 bits per heavy atom. The molecule has 33 heavy (non-hydrogen) atoms. The van der Waals surface area contributed by atoms with Crippen molar-refractivity contribution in [2.24, 2.45) is 0 Å². The second kappa shape index (κ2) is 7.21. The first kappa shape index (κ1) is 19.6. The Hall–Kier alpha value is -4.10. The van der Waals surface area contributed by atoms with Crippen LogP contribution in [-0.4, -0.2) is 30.8 Å². The van der Waals surface area contributed by atoms with Crippen molar-refractivity contribution in [1.29, 1.82) is 0 Å². The Labute approximate surface area is 189 Å². The molecule has 0 spiro atoms. The molecule has 0 saturated carbocycles. The molecule has 2 unspecified atom stereocenters. The zero-order chi connectivity index (χ0) is 22.7. The van der Waals surface area contributed by atoms with Crippen molar-refractivity contribution >= 4 is 22.5 Å². The molecule has 2 aromatic carbocycles. The summed E-state index contributed by atoms with van der Waals surface area (Å²) in [4.78, 5) is 17.3. The highest BCUT2D eigenvalue weighted by Gasteiger charge is 2.41. The average molecular weight is 439 g/mol. The minimum atomic E-state index is -0.309. The number of aromatic hydroxyl groups is 2.